The second-order valence-corrected chi connectivity index (χ2v) is 6.69. The van der Waals surface area contributed by atoms with Crippen LogP contribution in [0.4, 0.5) is 0 Å². The zero-order valence-corrected chi connectivity index (χ0v) is 14.3. The standard InChI is InChI=1S/C18H20N4OS/c19-11-16-4-2-15(3-5-16)10-18(23)22-7-1-6-21(8-9-22)12-17-13-24-14-20-17/h2-5,13-14H,1,6-10,12H2. The molecule has 1 aliphatic rings. The third-order valence-electron chi connectivity index (χ3n) is 4.25. The van der Waals surface area contributed by atoms with Crippen LogP contribution >= 0.6 is 11.3 Å². The molecule has 124 valence electrons. The van der Waals surface area contributed by atoms with Crippen molar-refractivity contribution in [3.8, 4) is 6.07 Å². The van der Waals surface area contributed by atoms with Gasteiger partial charge in [0.05, 0.1) is 29.3 Å². The van der Waals surface area contributed by atoms with Crippen LogP contribution in [0.25, 0.3) is 0 Å². The summed E-state index contributed by atoms with van der Waals surface area (Å²) in [5, 5.41) is 10.9. The molecule has 2 heterocycles. The molecule has 0 saturated carbocycles. The van der Waals surface area contributed by atoms with Crippen molar-refractivity contribution in [2.24, 2.45) is 0 Å². The van der Waals surface area contributed by atoms with E-state index in [-0.39, 0.29) is 5.91 Å². The molecular formula is C18H20N4OS. The normalized spacial score (nSPS) is 15.7. The summed E-state index contributed by atoms with van der Waals surface area (Å²) in [5.41, 5.74) is 4.55. The first kappa shape index (κ1) is 16.6. The van der Waals surface area contributed by atoms with E-state index in [1.165, 1.54) is 0 Å². The second kappa shape index (κ2) is 8.04. The summed E-state index contributed by atoms with van der Waals surface area (Å²) in [6, 6.07) is 9.35. The van der Waals surface area contributed by atoms with Gasteiger partial charge in [-0.3, -0.25) is 9.69 Å². The molecule has 0 N–H and O–H groups in total. The van der Waals surface area contributed by atoms with E-state index in [0.29, 0.717) is 12.0 Å². The zero-order chi connectivity index (χ0) is 16.8. The predicted molar refractivity (Wildman–Crippen MR) is 93.4 cm³/mol. The number of amides is 1. The molecule has 5 nitrogen and oxygen atoms in total. The first-order chi connectivity index (χ1) is 11.7. The predicted octanol–water partition coefficient (Wildman–Crippen LogP) is 2.29. The van der Waals surface area contributed by atoms with Gasteiger partial charge >= 0.3 is 0 Å². The van der Waals surface area contributed by atoms with Crippen LogP contribution < -0.4 is 0 Å². The van der Waals surface area contributed by atoms with Crippen LogP contribution in [0.1, 0.15) is 23.2 Å². The van der Waals surface area contributed by atoms with Crippen LogP contribution in [0.5, 0.6) is 0 Å². The highest BCUT2D eigenvalue weighted by atomic mass is 32.1. The van der Waals surface area contributed by atoms with Gasteiger partial charge in [-0.25, -0.2) is 4.98 Å². The number of aromatic nitrogens is 1. The van der Waals surface area contributed by atoms with E-state index in [1.54, 1.807) is 23.5 Å². The number of benzene rings is 1. The largest absolute Gasteiger partial charge is 0.341 e. The Morgan fingerprint density at radius 1 is 1.21 bits per heavy atom. The summed E-state index contributed by atoms with van der Waals surface area (Å²) in [4.78, 5) is 21.2. The molecule has 2 aromatic rings. The monoisotopic (exact) mass is 340 g/mol. The third kappa shape index (κ3) is 4.40. The highest BCUT2D eigenvalue weighted by molar-refractivity contribution is 7.07. The molecule has 1 aliphatic heterocycles. The molecule has 0 atom stereocenters. The summed E-state index contributed by atoms with van der Waals surface area (Å²) in [6.07, 6.45) is 1.39. The number of hydrogen-bond acceptors (Lipinski definition) is 5. The van der Waals surface area contributed by atoms with Crippen LogP contribution in [0.3, 0.4) is 0 Å². The van der Waals surface area contributed by atoms with Gasteiger partial charge in [0.15, 0.2) is 0 Å². The van der Waals surface area contributed by atoms with Crippen molar-refractivity contribution in [1.29, 1.82) is 5.26 Å². The lowest BCUT2D eigenvalue weighted by Gasteiger charge is -2.21. The maximum absolute atomic E-state index is 12.5. The minimum Gasteiger partial charge on any atom is -0.341 e. The van der Waals surface area contributed by atoms with E-state index in [4.69, 9.17) is 5.26 Å². The average Bonchev–Trinajstić information content (AvgIpc) is 2.99. The molecule has 1 aromatic heterocycles. The summed E-state index contributed by atoms with van der Waals surface area (Å²) < 4.78 is 0. The third-order valence-corrected chi connectivity index (χ3v) is 4.88. The highest BCUT2D eigenvalue weighted by Gasteiger charge is 2.19. The van der Waals surface area contributed by atoms with Crippen LogP contribution in [0, 0.1) is 11.3 Å². The number of nitriles is 1. The quantitative estimate of drug-likeness (QED) is 0.857. The number of carbonyl (C=O) groups is 1. The Morgan fingerprint density at radius 3 is 2.75 bits per heavy atom. The smallest absolute Gasteiger partial charge is 0.227 e. The van der Waals surface area contributed by atoms with Gasteiger partial charge in [-0.1, -0.05) is 12.1 Å². The Morgan fingerprint density at radius 2 is 2.04 bits per heavy atom. The van der Waals surface area contributed by atoms with Gasteiger partial charge in [0, 0.05) is 38.1 Å². The molecule has 6 heteroatoms. The van der Waals surface area contributed by atoms with Gasteiger partial charge in [-0.05, 0) is 24.1 Å². The molecule has 0 unspecified atom stereocenters. The molecule has 0 radical (unpaired) electrons. The Hall–Kier alpha value is -2.23. The minimum atomic E-state index is 0.162. The molecule has 0 bridgehead atoms. The van der Waals surface area contributed by atoms with E-state index < -0.39 is 0 Å². The van der Waals surface area contributed by atoms with Gasteiger partial charge in [0.2, 0.25) is 5.91 Å². The molecule has 1 aromatic carbocycles. The van der Waals surface area contributed by atoms with Crippen molar-refractivity contribution in [2.45, 2.75) is 19.4 Å². The van der Waals surface area contributed by atoms with Crippen LogP contribution in [0.2, 0.25) is 0 Å². The average molecular weight is 340 g/mol. The van der Waals surface area contributed by atoms with Crippen molar-refractivity contribution < 1.29 is 4.79 Å². The Balaban J connectivity index is 1.53. The van der Waals surface area contributed by atoms with E-state index in [9.17, 15) is 4.79 Å². The van der Waals surface area contributed by atoms with Crippen molar-refractivity contribution in [3.63, 3.8) is 0 Å². The summed E-state index contributed by atoms with van der Waals surface area (Å²) in [6.45, 7) is 4.32. The molecule has 0 spiro atoms. The van der Waals surface area contributed by atoms with Crippen LogP contribution in [0.15, 0.2) is 35.2 Å². The number of thiazole rings is 1. The summed E-state index contributed by atoms with van der Waals surface area (Å²) in [5.74, 6) is 0.162. The molecule has 3 rings (SSSR count). The Labute approximate surface area is 146 Å². The summed E-state index contributed by atoms with van der Waals surface area (Å²) >= 11 is 1.62. The van der Waals surface area contributed by atoms with Gasteiger partial charge in [-0.15, -0.1) is 11.3 Å². The molecule has 1 fully saturated rings. The first-order valence-electron chi connectivity index (χ1n) is 8.11. The number of nitrogens with zero attached hydrogens (tertiary/aromatic N) is 4. The second-order valence-electron chi connectivity index (χ2n) is 5.98. The fourth-order valence-electron chi connectivity index (χ4n) is 2.91. The molecular weight excluding hydrogens is 320 g/mol. The van der Waals surface area contributed by atoms with Gasteiger partial charge < -0.3 is 4.90 Å². The molecule has 1 saturated heterocycles. The topological polar surface area (TPSA) is 60.2 Å². The fourth-order valence-corrected chi connectivity index (χ4v) is 3.46. The first-order valence-corrected chi connectivity index (χ1v) is 9.05. The minimum absolute atomic E-state index is 0.162. The number of carbonyl (C=O) groups excluding carboxylic acids is 1. The fraction of sp³-hybridized carbons (Fsp3) is 0.389. The Kier molecular flexibility index (Phi) is 5.57. The van der Waals surface area contributed by atoms with Crippen LogP contribution in [-0.4, -0.2) is 46.9 Å². The lowest BCUT2D eigenvalue weighted by molar-refractivity contribution is -0.130. The van der Waals surface area contributed by atoms with E-state index in [0.717, 1.165) is 50.4 Å². The zero-order valence-electron chi connectivity index (χ0n) is 13.5. The maximum atomic E-state index is 12.5. The molecule has 1 amide bonds. The van der Waals surface area contributed by atoms with E-state index >= 15 is 0 Å². The SMILES string of the molecule is N#Cc1ccc(CC(=O)N2CCCN(Cc3cscn3)CC2)cc1. The van der Waals surface area contributed by atoms with Gasteiger partial charge in [-0.2, -0.15) is 5.26 Å². The molecule has 24 heavy (non-hydrogen) atoms. The van der Waals surface area contributed by atoms with E-state index in [2.05, 4.69) is 21.3 Å². The van der Waals surface area contributed by atoms with E-state index in [1.807, 2.05) is 22.5 Å². The lowest BCUT2D eigenvalue weighted by atomic mass is 10.1. The van der Waals surface area contributed by atoms with Crippen molar-refractivity contribution >= 4 is 17.2 Å². The summed E-state index contributed by atoms with van der Waals surface area (Å²) in [7, 11) is 0. The lowest BCUT2D eigenvalue weighted by Crippen LogP contribution is -2.36. The van der Waals surface area contributed by atoms with Crippen molar-refractivity contribution in [3.05, 3.63) is 52.0 Å². The number of hydrogen-bond donors (Lipinski definition) is 0. The molecule has 0 aliphatic carbocycles. The number of rotatable bonds is 4. The highest BCUT2D eigenvalue weighted by Crippen LogP contribution is 2.11. The Bertz CT molecular complexity index is 706. The maximum Gasteiger partial charge on any atom is 0.227 e. The van der Waals surface area contributed by atoms with Crippen molar-refractivity contribution in [1.82, 2.24) is 14.8 Å². The van der Waals surface area contributed by atoms with Gasteiger partial charge in [0.25, 0.3) is 0 Å². The van der Waals surface area contributed by atoms with Crippen molar-refractivity contribution in [2.75, 3.05) is 26.2 Å². The van der Waals surface area contributed by atoms with Crippen LogP contribution in [-0.2, 0) is 17.8 Å². The van der Waals surface area contributed by atoms with Gasteiger partial charge in [0.1, 0.15) is 0 Å².